The Hall–Kier alpha value is -3.53. The monoisotopic (exact) mass is 523 g/mol. The number of piperazine rings is 1. The number of ether oxygens (including phenoxy) is 1. The Morgan fingerprint density at radius 1 is 1.11 bits per heavy atom. The largest absolute Gasteiger partial charge is 0.444 e. The molecule has 2 aromatic heterocycles. The standard InChI is InChI=1S/C27H33N5O4S/c1-7-21(33)14-18-12-19(17(2)3)15-20(13-18)24-29-32-23(34)16-22(28-25(32)37-24)30-8-10-31(11-9-30)26(35)36-27(4,5)6/h12-13,15-16H,2,7-11,14H2,1,3-6H3. The minimum Gasteiger partial charge on any atom is -0.444 e. The number of benzene rings is 1. The van der Waals surface area contributed by atoms with E-state index >= 15 is 0 Å². The van der Waals surface area contributed by atoms with Gasteiger partial charge in [-0.25, -0.2) is 9.78 Å². The molecule has 3 heterocycles. The van der Waals surface area contributed by atoms with Crippen molar-refractivity contribution in [3.63, 3.8) is 0 Å². The molecule has 3 aromatic rings. The smallest absolute Gasteiger partial charge is 0.410 e. The Labute approximate surface area is 220 Å². The van der Waals surface area contributed by atoms with E-state index in [2.05, 4.69) is 11.7 Å². The van der Waals surface area contributed by atoms with Crippen molar-refractivity contribution in [1.82, 2.24) is 19.5 Å². The van der Waals surface area contributed by atoms with Crippen LogP contribution in [0.1, 0.15) is 52.2 Å². The Bertz CT molecular complexity index is 1410. The summed E-state index contributed by atoms with van der Waals surface area (Å²) in [6, 6.07) is 7.38. The summed E-state index contributed by atoms with van der Waals surface area (Å²) >= 11 is 1.32. The van der Waals surface area contributed by atoms with E-state index in [1.165, 1.54) is 21.9 Å². The molecule has 10 heteroatoms. The third kappa shape index (κ3) is 6.25. The van der Waals surface area contributed by atoms with Crippen molar-refractivity contribution in [2.24, 2.45) is 0 Å². The third-order valence-electron chi connectivity index (χ3n) is 6.02. The predicted octanol–water partition coefficient (Wildman–Crippen LogP) is 4.43. The highest BCUT2D eigenvalue weighted by atomic mass is 32.1. The average molecular weight is 524 g/mol. The fraction of sp³-hybridized carbons (Fsp3) is 0.444. The van der Waals surface area contributed by atoms with Gasteiger partial charge in [0.25, 0.3) is 5.56 Å². The molecule has 0 bridgehead atoms. The number of carbonyl (C=O) groups is 2. The highest BCUT2D eigenvalue weighted by molar-refractivity contribution is 7.19. The van der Waals surface area contributed by atoms with Crippen molar-refractivity contribution < 1.29 is 14.3 Å². The molecule has 0 aliphatic carbocycles. The molecule has 1 amide bonds. The highest BCUT2D eigenvalue weighted by Gasteiger charge is 2.27. The van der Waals surface area contributed by atoms with Crippen molar-refractivity contribution in [3.05, 3.63) is 52.3 Å². The Morgan fingerprint density at radius 2 is 1.81 bits per heavy atom. The molecule has 0 radical (unpaired) electrons. The van der Waals surface area contributed by atoms with Gasteiger partial charge in [0.05, 0.1) is 0 Å². The summed E-state index contributed by atoms with van der Waals surface area (Å²) in [4.78, 5) is 46.3. The first-order chi connectivity index (χ1) is 17.4. The van der Waals surface area contributed by atoms with Gasteiger partial charge in [-0.15, -0.1) is 0 Å². The van der Waals surface area contributed by atoms with Crippen molar-refractivity contribution >= 4 is 39.6 Å². The zero-order valence-corrected chi connectivity index (χ0v) is 22.9. The summed E-state index contributed by atoms with van der Waals surface area (Å²) in [5, 5.41) is 5.18. The maximum absolute atomic E-state index is 12.9. The minimum atomic E-state index is -0.546. The highest BCUT2D eigenvalue weighted by Crippen LogP contribution is 2.29. The van der Waals surface area contributed by atoms with Crippen molar-refractivity contribution in [1.29, 1.82) is 0 Å². The number of ketones is 1. The van der Waals surface area contributed by atoms with Crippen LogP contribution in [0.4, 0.5) is 10.6 Å². The van der Waals surface area contributed by atoms with Crippen LogP contribution in [0.15, 0.2) is 35.6 Å². The fourth-order valence-electron chi connectivity index (χ4n) is 4.04. The van der Waals surface area contributed by atoms with Crippen molar-refractivity contribution in [3.8, 4) is 10.6 Å². The number of allylic oxidation sites excluding steroid dienone is 1. The second-order valence-corrected chi connectivity index (χ2v) is 11.2. The molecule has 9 nitrogen and oxygen atoms in total. The molecular formula is C27H33N5O4S. The number of fused-ring (bicyclic) bond motifs is 1. The lowest BCUT2D eigenvalue weighted by Gasteiger charge is -2.36. The predicted molar refractivity (Wildman–Crippen MR) is 146 cm³/mol. The van der Waals surface area contributed by atoms with Crippen LogP contribution in [-0.4, -0.2) is 63.2 Å². The van der Waals surface area contributed by atoms with Gasteiger partial charge in [-0.3, -0.25) is 9.59 Å². The Balaban J connectivity index is 1.59. The van der Waals surface area contributed by atoms with Crippen LogP contribution in [-0.2, 0) is 16.0 Å². The average Bonchev–Trinajstić information content (AvgIpc) is 3.28. The van der Waals surface area contributed by atoms with Gasteiger partial charge in [-0.1, -0.05) is 36.5 Å². The van der Waals surface area contributed by atoms with E-state index < -0.39 is 5.60 Å². The van der Waals surface area contributed by atoms with Crippen LogP contribution in [0, 0.1) is 0 Å². The molecule has 0 atom stereocenters. The molecule has 4 rings (SSSR count). The molecule has 196 valence electrons. The molecule has 1 saturated heterocycles. The number of rotatable bonds is 6. The maximum Gasteiger partial charge on any atom is 0.410 e. The van der Waals surface area contributed by atoms with E-state index in [0.29, 0.717) is 54.8 Å². The third-order valence-corrected chi connectivity index (χ3v) is 6.97. The quantitative estimate of drug-likeness (QED) is 0.471. The van der Waals surface area contributed by atoms with E-state index in [1.807, 2.05) is 57.7 Å². The van der Waals surface area contributed by atoms with Crippen LogP contribution in [0.5, 0.6) is 0 Å². The molecule has 0 spiro atoms. The van der Waals surface area contributed by atoms with Gasteiger partial charge in [-0.2, -0.15) is 9.61 Å². The summed E-state index contributed by atoms with van der Waals surface area (Å²) in [7, 11) is 0. The summed E-state index contributed by atoms with van der Waals surface area (Å²) in [5.41, 5.74) is 2.72. The van der Waals surface area contributed by atoms with Gasteiger partial charge in [0.15, 0.2) is 0 Å². The van der Waals surface area contributed by atoms with Crippen LogP contribution >= 0.6 is 11.3 Å². The summed E-state index contributed by atoms with van der Waals surface area (Å²) < 4.78 is 6.78. The second-order valence-electron chi connectivity index (χ2n) is 10.3. The lowest BCUT2D eigenvalue weighted by molar-refractivity contribution is -0.118. The molecule has 1 aliphatic rings. The van der Waals surface area contributed by atoms with E-state index in [0.717, 1.165) is 22.3 Å². The first-order valence-electron chi connectivity index (χ1n) is 12.4. The lowest BCUT2D eigenvalue weighted by Crippen LogP contribution is -2.50. The van der Waals surface area contributed by atoms with Crippen LogP contribution < -0.4 is 10.5 Å². The topological polar surface area (TPSA) is 97.1 Å². The molecular weight excluding hydrogens is 490 g/mol. The maximum atomic E-state index is 12.9. The molecule has 0 unspecified atom stereocenters. The number of Topliss-reactive ketones (excluding diaryl/α,β-unsaturated/α-hetero) is 1. The number of hydrogen-bond donors (Lipinski definition) is 0. The molecule has 37 heavy (non-hydrogen) atoms. The number of carbonyl (C=O) groups excluding carboxylic acids is 2. The molecule has 0 saturated carbocycles. The molecule has 1 aromatic carbocycles. The Kier molecular flexibility index (Phi) is 7.49. The van der Waals surface area contributed by atoms with E-state index in [-0.39, 0.29) is 17.4 Å². The molecule has 1 aliphatic heterocycles. The number of amides is 1. The van der Waals surface area contributed by atoms with Crippen LogP contribution in [0.25, 0.3) is 21.1 Å². The van der Waals surface area contributed by atoms with Gasteiger partial charge >= 0.3 is 6.09 Å². The zero-order valence-electron chi connectivity index (χ0n) is 22.0. The summed E-state index contributed by atoms with van der Waals surface area (Å²) in [6.07, 6.45) is 0.481. The van der Waals surface area contributed by atoms with Gasteiger partial charge in [0.1, 0.15) is 22.2 Å². The normalized spacial score (nSPS) is 14.2. The minimum absolute atomic E-state index is 0.156. The van der Waals surface area contributed by atoms with Crippen LogP contribution in [0.3, 0.4) is 0 Å². The van der Waals surface area contributed by atoms with Gasteiger partial charge in [0.2, 0.25) is 4.96 Å². The first-order valence-corrected chi connectivity index (χ1v) is 13.2. The van der Waals surface area contributed by atoms with Crippen molar-refractivity contribution in [2.75, 3.05) is 31.1 Å². The number of hydrogen-bond acceptors (Lipinski definition) is 8. The first kappa shape index (κ1) is 26.5. The summed E-state index contributed by atoms with van der Waals surface area (Å²) in [6.45, 7) is 15.4. The van der Waals surface area contributed by atoms with Gasteiger partial charge in [-0.05, 0) is 51.0 Å². The summed E-state index contributed by atoms with van der Waals surface area (Å²) in [5.74, 6) is 0.720. The second kappa shape index (κ2) is 10.5. The molecule has 1 fully saturated rings. The Morgan fingerprint density at radius 3 is 2.43 bits per heavy atom. The van der Waals surface area contributed by atoms with E-state index in [9.17, 15) is 14.4 Å². The fourth-order valence-corrected chi connectivity index (χ4v) is 4.93. The molecule has 0 N–H and O–H groups in total. The number of aromatic nitrogens is 3. The van der Waals surface area contributed by atoms with E-state index in [1.54, 1.807) is 4.90 Å². The van der Waals surface area contributed by atoms with E-state index in [4.69, 9.17) is 9.72 Å². The number of anilines is 1. The number of nitrogens with zero attached hydrogens (tertiary/aromatic N) is 5. The van der Waals surface area contributed by atoms with Crippen molar-refractivity contribution in [2.45, 2.75) is 53.1 Å². The zero-order chi connectivity index (χ0) is 26.9. The lowest BCUT2D eigenvalue weighted by atomic mass is 9.98. The van der Waals surface area contributed by atoms with Crippen LogP contribution in [0.2, 0.25) is 0 Å². The SMILES string of the molecule is C=C(C)c1cc(CC(=O)CC)cc(-c2nn3c(=O)cc(N4CCN(C(=O)OC(C)(C)C)CC4)nc3s2)c1. The van der Waals surface area contributed by atoms with Gasteiger partial charge in [0, 0.05) is 50.7 Å². The van der Waals surface area contributed by atoms with Gasteiger partial charge < -0.3 is 14.5 Å².